The van der Waals surface area contributed by atoms with Gasteiger partial charge < -0.3 is 19.9 Å². The SMILES string of the molecule is COCc1cc(C(C)NCCSCCCO)ccc1OC. The van der Waals surface area contributed by atoms with Crippen molar-refractivity contribution in [3.63, 3.8) is 0 Å². The summed E-state index contributed by atoms with van der Waals surface area (Å²) in [6.45, 7) is 3.96. The van der Waals surface area contributed by atoms with Crippen LogP contribution in [0.25, 0.3) is 0 Å². The van der Waals surface area contributed by atoms with Gasteiger partial charge in [-0.3, -0.25) is 0 Å². The molecule has 0 radical (unpaired) electrons. The summed E-state index contributed by atoms with van der Waals surface area (Å²) in [5, 5.41) is 12.2. The minimum absolute atomic E-state index is 0.283. The van der Waals surface area contributed by atoms with Crippen molar-refractivity contribution in [1.29, 1.82) is 0 Å². The molecule has 0 bridgehead atoms. The fourth-order valence-electron chi connectivity index (χ4n) is 2.07. The van der Waals surface area contributed by atoms with Crippen molar-refractivity contribution in [2.75, 3.05) is 38.9 Å². The molecular formula is C16H27NO3S. The van der Waals surface area contributed by atoms with Crippen LogP contribution in [0.15, 0.2) is 18.2 Å². The van der Waals surface area contributed by atoms with Crippen LogP contribution in [0.4, 0.5) is 0 Å². The summed E-state index contributed by atoms with van der Waals surface area (Å²) in [7, 11) is 3.37. The Morgan fingerprint density at radius 3 is 2.76 bits per heavy atom. The van der Waals surface area contributed by atoms with E-state index in [0.717, 1.165) is 35.8 Å². The molecule has 0 heterocycles. The molecule has 0 saturated carbocycles. The molecule has 0 aliphatic heterocycles. The minimum Gasteiger partial charge on any atom is -0.496 e. The predicted molar refractivity (Wildman–Crippen MR) is 89.2 cm³/mol. The molecule has 2 N–H and O–H groups in total. The molecular weight excluding hydrogens is 286 g/mol. The Balaban J connectivity index is 2.46. The Labute approximate surface area is 132 Å². The molecule has 5 heteroatoms. The molecule has 1 atom stereocenters. The van der Waals surface area contributed by atoms with E-state index in [1.165, 1.54) is 5.56 Å². The molecule has 0 fully saturated rings. The van der Waals surface area contributed by atoms with Gasteiger partial charge in [0.1, 0.15) is 5.75 Å². The maximum atomic E-state index is 8.72. The third-order valence-corrected chi connectivity index (χ3v) is 4.32. The summed E-state index contributed by atoms with van der Waals surface area (Å²) in [6, 6.07) is 6.52. The van der Waals surface area contributed by atoms with Crippen LogP contribution in [0.1, 0.15) is 30.5 Å². The van der Waals surface area contributed by atoms with Crippen LogP contribution in [-0.2, 0) is 11.3 Å². The first-order valence-corrected chi connectivity index (χ1v) is 8.46. The van der Waals surface area contributed by atoms with E-state index in [1.807, 2.05) is 17.8 Å². The molecule has 1 aromatic rings. The van der Waals surface area contributed by atoms with Gasteiger partial charge in [-0.1, -0.05) is 6.07 Å². The zero-order chi connectivity index (χ0) is 15.5. The van der Waals surface area contributed by atoms with Crippen LogP contribution < -0.4 is 10.1 Å². The largest absolute Gasteiger partial charge is 0.496 e. The lowest BCUT2D eigenvalue weighted by atomic mass is 10.0. The molecule has 0 saturated heterocycles. The number of hydrogen-bond acceptors (Lipinski definition) is 5. The summed E-state index contributed by atoms with van der Waals surface area (Å²) in [4.78, 5) is 0. The van der Waals surface area contributed by atoms with Crippen molar-refractivity contribution in [2.45, 2.75) is 26.0 Å². The number of ether oxygens (including phenoxy) is 2. The Morgan fingerprint density at radius 1 is 1.29 bits per heavy atom. The number of benzene rings is 1. The standard InChI is InChI=1S/C16H27NO3S/c1-13(17-7-10-21-9-4-8-18)14-5-6-16(20-3)15(11-14)12-19-2/h5-6,11,13,17-18H,4,7-10,12H2,1-3H3. The highest BCUT2D eigenvalue weighted by Gasteiger charge is 2.09. The molecule has 0 aliphatic carbocycles. The number of aliphatic hydroxyl groups is 1. The second kappa shape index (κ2) is 10.9. The number of aliphatic hydroxyl groups excluding tert-OH is 1. The second-order valence-electron chi connectivity index (χ2n) is 4.87. The summed E-state index contributed by atoms with van der Waals surface area (Å²) in [5.41, 5.74) is 2.31. The minimum atomic E-state index is 0.283. The Hall–Kier alpha value is -0.750. The number of methoxy groups -OCH3 is 2. The number of rotatable bonds is 11. The first-order valence-electron chi connectivity index (χ1n) is 7.30. The molecule has 21 heavy (non-hydrogen) atoms. The van der Waals surface area contributed by atoms with Crippen LogP contribution in [-0.4, -0.2) is 44.0 Å². The molecule has 1 aromatic carbocycles. The van der Waals surface area contributed by atoms with Crippen LogP contribution in [0.5, 0.6) is 5.75 Å². The zero-order valence-electron chi connectivity index (χ0n) is 13.2. The topological polar surface area (TPSA) is 50.7 Å². The average Bonchev–Trinajstić information content (AvgIpc) is 2.50. The smallest absolute Gasteiger partial charge is 0.124 e. The third kappa shape index (κ3) is 6.70. The van der Waals surface area contributed by atoms with E-state index in [4.69, 9.17) is 14.6 Å². The van der Waals surface area contributed by atoms with Gasteiger partial charge in [0.25, 0.3) is 0 Å². The number of thioether (sulfide) groups is 1. The fraction of sp³-hybridized carbons (Fsp3) is 0.625. The molecule has 4 nitrogen and oxygen atoms in total. The highest BCUT2D eigenvalue weighted by atomic mass is 32.2. The summed E-state index contributed by atoms with van der Waals surface area (Å²) in [6.07, 6.45) is 0.874. The monoisotopic (exact) mass is 313 g/mol. The molecule has 1 rings (SSSR count). The Morgan fingerprint density at radius 2 is 2.10 bits per heavy atom. The molecule has 0 amide bonds. The van der Waals surface area contributed by atoms with Gasteiger partial charge >= 0.3 is 0 Å². The zero-order valence-corrected chi connectivity index (χ0v) is 14.0. The maximum Gasteiger partial charge on any atom is 0.124 e. The van der Waals surface area contributed by atoms with Crippen molar-refractivity contribution in [3.05, 3.63) is 29.3 Å². The van der Waals surface area contributed by atoms with E-state index in [-0.39, 0.29) is 6.61 Å². The molecule has 0 spiro atoms. The first kappa shape index (κ1) is 18.3. The van der Waals surface area contributed by atoms with E-state index < -0.39 is 0 Å². The van der Waals surface area contributed by atoms with Gasteiger partial charge in [0.15, 0.2) is 0 Å². The number of hydrogen-bond donors (Lipinski definition) is 2. The third-order valence-electron chi connectivity index (χ3n) is 3.25. The first-order chi connectivity index (χ1) is 10.2. The Bertz CT molecular complexity index is 401. The van der Waals surface area contributed by atoms with Crippen LogP contribution >= 0.6 is 11.8 Å². The van der Waals surface area contributed by atoms with Gasteiger partial charge in [-0.15, -0.1) is 0 Å². The van der Waals surface area contributed by atoms with Gasteiger partial charge in [0, 0.05) is 37.6 Å². The van der Waals surface area contributed by atoms with Gasteiger partial charge in [0.2, 0.25) is 0 Å². The lowest BCUT2D eigenvalue weighted by Crippen LogP contribution is -2.21. The van der Waals surface area contributed by atoms with Gasteiger partial charge in [-0.05, 0) is 36.8 Å². The highest BCUT2D eigenvalue weighted by molar-refractivity contribution is 7.99. The molecule has 120 valence electrons. The van der Waals surface area contributed by atoms with E-state index in [0.29, 0.717) is 12.6 Å². The van der Waals surface area contributed by atoms with Crippen molar-refractivity contribution in [1.82, 2.24) is 5.32 Å². The van der Waals surface area contributed by atoms with Crippen LogP contribution in [0.2, 0.25) is 0 Å². The summed E-state index contributed by atoms with van der Waals surface area (Å²) in [5.74, 6) is 2.95. The lowest BCUT2D eigenvalue weighted by molar-refractivity contribution is 0.181. The fourth-order valence-corrected chi connectivity index (χ4v) is 2.87. The van der Waals surface area contributed by atoms with E-state index in [2.05, 4.69) is 24.4 Å². The van der Waals surface area contributed by atoms with Crippen molar-refractivity contribution in [2.24, 2.45) is 0 Å². The van der Waals surface area contributed by atoms with Crippen molar-refractivity contribution < 1.29 is 14.6 Å². The maximum absolute atomic E-state index is 8.72. The highest BCUT2D eigenvalue weighted by Crippen LogP contribution is 2.24. The van der Waals surface area contributed by atoms with E-state index in [1.54, 1.807) is 14.2 Å². The van der Waals surface area contributed by atoms with Crippen LogP contribution in [0.3, 0.4) is 0 Å². The number of nitrogens with one attached hydrogen (secondary N) is 1. The summed E-state index contributed by atoms with van der Waals surface area (Å²) >= 11 is 1.87. The predicted octanol–water partition coefficient (Wildman–Crippen LogP) is 2.61. The Kier molecular flexibility index (Phi) is 9.50. The van der Waals surface area contributed by atoms with Crippen molar-refractivity contribution >= 4 is 11.8 Å². The lowest BCUT2D eigenvalue weighted by Gasteiger charge is -2.17. The quantitative estimate of drug-likeness (QED) is 0.615. The second-order valence-corrected chi connectivity index (χ2v) is 6.09. The van der Waals surface area contributed by atoms with E-state index in [9.17, 15) is 0 Å². The average molecular weight is 313 g/mol. The normalized spacial score (nSPS) is 12.4. The summed E-state index contributed by atoms with van der Waals surface area (Å²) < 4.78 is 10.6. The van der Waals surface area contributed by atoms with E-state index >= 15 is 0 Å². The van der Waals surface area contributed by atoms with Gasteiger partial charge in [-0.2, -0.15) is 11.8 Å². The molecule has 0 aliphatic rings. The van der Waals surface area contributed by atoms with Crippen molar-refractivity contribution in [3.8, 4) is 5.75 Å². The molecule has 0 aromatic heterocycles. The molecule has 1 unspecified atom stereocenters. The van der Waals surface area contributed by atoms with Gasteiger partial charge in [0.05, 0.1) is 13.7 Å². The van der Waals surface area contributed by atoms with Crippen LogP contribution in [0, 0.1) is 0 Å². The van der Waals surface area contributed by atoms with Gasteiger partial charge in [-0.25, -0.2) is 0 Å².